The molecule has 1 saturated heterocycles. The lowest BCUT2D eigenvalue weighted by Gasteiger charge is -2.59. The summed E-state index contributed by atoms with van der Waals surface area (Å²) in [5, 5.41) is 11.0. The molecule has 1 aliphatic heterocycles. The molecule has 0 aromatic heterocycles. The van der Waals surface area contributed by atoms with E-state index in [1.807, 2.05) is 6.07 Å². The van der Waals surface area contributed by atoms with E-state index in [1.54, 1.807) is 7.11 Å². The number of methoxy groups -OCH3 is 1. The summed E-state index contributed by atoms with van der Waals surface area (Å²) in [6.45, 7) is 6.71. The molecule has 0 amide bonds. The standard InChI is InChI=1S/C21H26BrNO3/c1-11(2)8-23-10-21-9-20(7-12(24)4-5-13(20)19(21)23)17-16(21)14(22)6-15(26-3)18(17)25/h6,11,13,19,25H,4-5,7-10H2,1-3H3/t13?,19?,20-,21?/m0/s1. The number of Topliss-reactive ketones (excluding diaryl/α,β-unsaturated/α-hetero) is 1. The topological polar surface area (TPSA) is 49.8 Å². The Balaban J connectivity index is 1.72. The van der Waals surface area contributed by atoms with E-state index in [-0.39, 0.29) is 16.6 Å². The highest BCUT2D eigenvalue weighted by atomic mass is 79.9. The molecule has 3 aliphatic carbocycles. The second-order valence-electron chi connectivity index (χ2n) is 9.28. The SMILES string of the molecule is COc1cc(Br)c2c(c1O)[C@]13CC(=O)CCC1C1N(CC(C)C)CC21C3. The highest BCUT2D eigenvalue weighted by molar-refractivity contribution is 9.10. The molecular weight excluding hydrogens is 394 g/mol. The van der Waals surface area contributed by atoms with E-state index in [0.29, 0.717) is 42.3 Å². The summed E-state index contributed by atoms with van der Waals surface area (Å²) in [6.07, 6.45) is 3.22. The number of phenolic OH excluding ortho intramolecular Hbond substituents is 1. The predicted molar refractivity (Wildman–Crippen MR) is 103 cm³/mol. The van der Waals surface area contributed by atoms with E-state index in [0.717, 1.165) is 36.0 Å². The monoisotopic (exact) mass is 419 g/mol. The number of carbonyl (C=O) groups is 1. The van der Waals surface area contributed by atoms with Gasteiger partial charge in [-0.25, -0.2) is 0 Å². The predicted octanol–water partition coefficient (Wildman–Crippen LogP) is 3.77. The molecule has 4 aliphatic rings. The van der Waals surface area contributed by atoms with Crippen LogP contribution in [0, 0.1) is 11.8 Å². The number of benzene rings is 1. The number of hydrogen-bond donors (Lipinski definition) is 1. The molecule has 4 nitrogen and oxygen atoms in total. The molecule has 2 saturated carbocycles. The molecular formula is C21H26BrNO3. The van der Waals surface area contributed by atoms with Crippen LogP contribution in [0.2, 0.25) is 0 Å². The third-order valence-electron chi connectivity index (χ3n) is 7.45. The number of ether oxygens (including phenoxy) is 1. The van der Waals surface area contributed by atoms with E-state index in [2.05, 4.69) is 34.7 Å². The Morgan fingerprint density at radius 1 is 1.38 bits per heavy atom. The largest absolute Gasteiger partial charge is 0.504 e. The van der Waals surface area contributed by atoms with Gasteiger partial charge < -0.3 is 9.84 Å². The number of rotatable bonds is 3. The van der Waals surface area contributed by atoms with Gasteiger partial charge in [0, 0.05) is 52.8 Å². The highest BCUT2D eigenvalue weighted by Gasteiger charge is 2.76. The van der Waals surface area contributed by atoms with Crippen LogP contribution in [-0.2, 0) is 15.6 Å². The first-order chi connectivity index (χ1) is 12.3. The van der Waals surface area contributed by atoms with Crippen molar-refractivity contribution in [3.05, 3.63) is 21.7 Å². The quantitative estimate of drug-likeness (QED) is 0.809. The summed E-state index contributed by atoms with van der Waals surface area (Å²) in [5.41, 5.74) is 2.15. The van der Waals surface area contributed by atoms with Crippen molar-refractivity contribution in [2.45, 2.75) is 56.4 Å². The molecule has 26 heavy (non-hydrogen) atoms. The number of hydrogen-bond acceptors (Lipinski definition) is 4. The maximum atomic E-state index is 12.5. The number of phenols is 1. The molecule has 0 radical (unpaired) electrons. The van der Waals surface area contributed by atoms with Crippen molar-refractivity contribution in [1.82, 2.24) is 4.90 Å². The van der Waals surface area contributed by atoms with Crippen molar-refractivity contribution >= 4 is 21.7 Å². The van der Waals surface area contributed by atoms with E-state index in [4.69, 9.17) is 4.74 Å². The van der Waals surface area contributed by atoms with Gasteiger partial charge in [0.15, 0.2) is 11.5 Å². The number of aromatic hydroxyl groups is 1. The van der Waals surface area contributed by atoms with Crippen LogP contribution in [0.15, 0.2) is 10.5 Å². The zero-order chi connectivity index (χ0) is 18.4. The fourth-order valence-corrected chi connectivity index (χ4v) is 7.84. The van der Waals surface area contributed by atoms with Crippen molar-refractivity contribution < 1.29 is 14.6 Å². The van der Waals surface area contributed by atoms with Gasteiger partial charge in [-0.3, -0.25) is 9.69 Å². The van der Waals surface area contributed by atoms with E-state index in [9.17, 15) is 9.90 Å². The van der Waals surface area contributed by atoms with Crippen molar-refractivity contribution in [1.29, 1.82) is 0 Å². The van der Waals surface area contributed by atoms with E-state index in [1.165, 1.54) is 5.56 Å². The summed E-state index contributed by atoms with van der Waals surface area (Å²) in [4.78, 5) is 15.1. The van der Waals surface area contributed by atoms with Gasteiger partial charge in [-0.05, 0) is 36.3 Å². The summed E-state index contributed by atoms with van der Waals surface area (Å²) in [5.74, 6) is 2.23. The third-order valence-corrected chi connectivity index (χ3v) is 8.07. The van der Waals surface area contributed by atoms with Crippen LogP contribution in [-0.4, -0.2) is 42.0 Å². The molecule has 140 valence electrons. The lowest BCUT2D eigenvalue weighted by Crippen LogP contribution is -2.68. The fraction of sp³-hybridized carbons (Fsp3) is 0.667. The van der Waals surface area contributed by atoms with Gasteiger partial charge in [0.2, 0.25) is 0 Å². The minimum absolute atomic E-state index is 0.0854. The Morgan fingerprint density at radius 2 is 2.15 bits per heavy atom. The minimum atomic E-state index is -0.206. The lowest BCUT2D eigenvalue weighted by atomic mass is 9.58. The number of ketones is 1. The van der Waals surface area contributed by atoms with Gasteiger partial charge in [-0.2, -0.15) is 0 Å². The average molecular weight is 420 g/mol. The van der Waals surface area contributed by atoms with Crippen LogP contribution >= 0.6 is 15.9 Å². The first-order valence-corrected chi connectivity index (χ1v) is 10.5. The first kappa shape index (κ1) is 17.1. The van der Waals surface area contributed by atoms with Crippen LogP contribution in [0.5, 0.6) is 11.5 Å². The highest BCUT2D eigenvalue weighted by Crippen LogP contribution is 2.74. The number of likely N-dealkylation sites (tertiary alicyclic amines) is 1. The van der Waals surface area contributed by atoms with Crippen LogP contribution in [0.25, 0.3) is 0 Å². The molecule has 2 bridgehead atoms. The summed E-state index contributed by atoms with van der Waals surface area (Å²) >= 11 is 3.78. The number of fused-ring (bicyclic) bond motifs is 2. The molecule has 5 rings (SSSR count). The van der Waals surface area contributed by atoms with Crippen LogP contribution in [0.3, 0.4) is 0 Å². The minimum Gasteiger partial charge on any atom is -0.504 e. The normalized spacial score (nSPS) is 37.3. The maximum Gasteiger partial charge on any atom is 0.161 e. The Kier molecular flexibility index (Phi) is 3.45. The van der Waals surface area contributed by atoms with Crippen molar-refractivity contribution in [3.8, 4) is 11.5 Å². The molecule has 1 N–H and O–H groups in total. The van der Waals surface area contributed by atoms with Crippen molar-refractivity contribution in [2.75, 3.05) is 20.2 Å². The van der Waals surface area contributed by atoms with E-state index >= 15 is 0 Å². The van der Waals surface area contributed by atoms with E-state index < -0.39 is 0 Å². The Labute approximate surface area is 163 Å². The second kappa shape index (κ2) is 5.26. The zero-order valence-corrected chi connectivity index (χ0v) is 17.2. The van der Waals surface area contributed by atoms with Gasteiger partial charge in [0.25, 0.3) is 0 Å². The van der Waals surface area contributed by atoms with Crippen molar-refractivity contribution in [2.24, 2.45) is 11.8 Å². The van der Waals surface area contributed by atoms with Gasteiger partial charge in [-0.15, -0.1) is 0 Å². The fourth-order valence-electron chi connectivity index (χ4n) is 7.04. The molecule has 5 heteroatoms. The summed E-state index contributed by atoms with van der Waals surface area (Å²) < 4.78 is 6.47. The molecule has 1 aromatic rings. The van der Waals surface area contributed by atoms with Crippen LogP contribution < -0.4 is 4.74 Å². The molecule has 2 spiro atoms. The average Bonchev–Trinajstić information content (AvgIpc) is 2.97. The maximum absolute atomic E-state index is 12.5. The summed E-state index contributed by atoms with van der Waals surface area (Å²) in [7, 11) is 1.59. The summed E-state index contributed by atoms with van der Waals surface area (Å²) in [6, 6.07) is 2.41. The first-order valence-electron chi connectivity index (χ1n) is 9.70. The molecule has 3 unspecified atom stereocenters. The molecule has 1 heterocycles. The molecule has 3 fully saturated rings. The Hall–Kier alpha value is -1.07. The van der Waals surface area contributed by atoms with Crippen LogP contribution in [0.4, 0.5) is 0 Å². The smallest absolute Gasteiger partial charge is 0.161 e. The van der Waals surface area contributed by atoms with Gasteiger partial charge in [0.05, 0.1) is 7.11 Å². The Morgan fingerprint density at radius 3 is 2.85 bits per heavy atom. The van der Waals surface area contributed by atoms with Crippen molar-refractivity contribution in [3.63, 3.8) is 0 Å². The second-order valence-corrected chi connectivity index (χ2v) is 10.1. The molecule has 1 aromatic carbocycles. The lowest BCUT2D eigenvalue weighted by molar-refractivity contribution is -0.124. The zero-order valence-electron chi connectivity index (χ0n) is 15.6. The number of halogens is 1. The van der Waals surface area contributed by atoms with Gasteiger partial charge in [0.1, 0.15) is 5.78 Å². The number of nitrogens with zero attached hydrogens (tertiary/aromatic N) is 1. The van der Waals surface area contributed by atoms with Crippen LogP contribution in [0.1, 0.15) is 50.7 Å². The van der Waals surface area contributed by atoms with Gasteiger partial charge in [-0.1, -0.05) is 29.8 Å². The number of carbonyl (C=O) groups excluding carboxylic acids is 1. The molecule has 4 atom stereocenters. The van der Waals surface area contributed by atoms with Gasteiger partial charge >= 0.3 is 0 Å². The Bertz CT molecular complexity index is 822. The third kappa shape index (κ3) is 1.82.